The van der Waals surface area contributed by atoms with Crippen LogP contribution in [0.3, 0.4) is 0 Å². The van der Waals surface area contributed by atoms with Gasteiger partial charge in [-0.15, -0.1) is 12.3 Å². The SMILES string of the molecule is C#CCC(NC(=O)OCC1c2ccccc2-c2ccccc21)C(=O)NCC(CC(=O)O)C1CC1. The van der Waals surface area contributed by atoms with E-state index in [1.54, 1.807) is 0 Å². The van der Waals surface area contributed by atoms with E-state index < -0.39 is 24.0 Å². The second-order valence-electron chi connectivity index (χ2n) is 8.87. The van der Waals surface area contributed by atoms with Gasteiger partial charge in [-0.25, -0.2) is 4.79 Å². The predicted molar refractivity (Wildman–Crippen MR) is 127 cm³/mol. The lowest BCUT2D eigenvalue weighted by molar-refractivity contribution is -0.138. The van der Waals surface area contributed by atoms with Gasteiger partial charge in [0, 0.05) is 18.9 Å². The molecule has 2 aromatic rings. The van der Waals surface area contributed by atoms with Gasteiger partial charge in [0.2, 0.25) is 5.91 Å². The molecule has 0 aliphatic heterocycles. The van der Waals surface area contributed by atoms with Crippen LogP contribution in [0.4, 0.5) is 4.79 Å². The van der Waals surface area contributed by atoms with E-state index in [0.29, 0.717) is 5.92 Å². The van der Waals surface area contributed by atoms with Gasteiger partial charge in [-0.3, -0.25) is 9.59 Å². The Morgan fingerprint density at radius 3 is 2.24 bits per heavy atom. The van der Waals surface area contributed by atoms with Crippen LogP contribution in [0.15, 0.2) is 48.5 Å². The molecule has 4 rings (SSSR count). The van der Waals surface area contributed by atoms with Crippen molar-refractivity contribution in [3.63, 3.8) is 0 Å². The van der Waals surface area contributed by atoms with Crippen molar-refractivity contribution in [1.82, 2.24) is 10.6 Å². The summed E-state index contributed by atoms with van der Waals surface area (Å²) in [5.41, 5.74) is 4.45. The molecule has 2 atom stereocenters. The number of fused-ring (bicyclic) bond motifs is 3. The maximum atomic E-state index is 12.7. The van der Waals surface area contributed by atoms with Crippen molar-refractivity contribution in [2.75, 3.05) is 13.2 Å². The molecule has 176 valence electrons. The Hall–Kier alpha value is -3.79. The van der Waals surface area contributed by atoms with Crippen LogP contribution in [0.2, 0.25) is 0 Å². The molecule has 2 aromatic carbocycles. The number of benzene rings is 2. The molecule has 0 bridgehead atoms. The third-order valence-corrected chi connectivity index (χ3v) is 6.54. The van der Waals surface area contributed by atoms with Crippen LogP contribution in [0.25, 0.3) is 11.1 Å². The Bertz CT molecular complexity index is 1070. The summed E-state index contributed by atoms with van der Waals surface area (Å²) < 4.78 is 5.52. The number of rotatable bonds is 10. The van der Waals surface area contributed by atoms with Gasteiger partial charge in [-0.1, -0.05) is 48.5 Å². The maximum Gasteiger partial charge on any atom is 0.407 e. The van der Waals surface area contributed by atoms with Gasteiger partial charge in [-0.05, 0) is 46.9 Å². The highest BCUT2D eigenvalue weighted by Crippen LogP contribution is 2.44. The first kappa shape index (κ1) is 23.4. The molecule has 7 heteroatoms. The lowest BCUT2D eigenvalue weighted by Crippen LogP contribution is -2.48. The fourth-order valence-corrected chi connectivity index (χ4v) is 4.66. The third-order valence-electron chi connectivity index (χ3n) is 6.54. The smallest absolute Gasteiger partial charge is 0.407 e. The van der Waals surface area contributed by atoms with Gasteiger partial charge in [-0.2, -0.15) is 0 Å². The Balaban J connectivity index is 1.34. The second-order valence-corrected chi connectivity index (χ2v) is 8.87. The molecule has 3 N–H and O–H groups in total. The molecular formula is C27H28N2O5. The molecule has 2 aliphatic carbocycles. The zero-order valence-electron chi connectivity index (χ0n) is 18.8. The number of carboxylic acid groups (broad SMARTS) is 1. The lowest BCUT2D eigenvalue weighted by Gasteiger charge is -2.20. The highest BCUT2D eigenvalue weighted by atomic mass is 16.5. The Morgan fingerprint density at radius 2 is 1.68 bits per heavy atom. The molecule has 0 aromatic heterocycles. The minimum absolute atomic E-state index is 0.00303. The van der Waals surface area contributed by atoms with E-state index in [1.165, 1.54) is 0 Å². The standard InChI is InChI=1S/C27H28N2O5/c1-2-7-24(26(32)28-15-18(14-25(30)31)17-12-13-17)29-27(33)34-16-23-21-10-5-3-8-19(21)20-9-4-6-11-22(20)23/h1,3-6,8-11,17-18,23-24H,7,12-16H2,(H,28,32)(H,29,33)(H,30,31). The van der Waals surface area contributed by atoms with E-state index >= 15 is 0 Å². The largest absolute Gasteiger partial charge is 0.481 e. The average Bonchev–Trinajstić information content (AvgIpc) is 3.62. The number of carboxylic acids is 1. The fraction of sp³-hybridized carbons (Fsp3) is 0.370. The maximum absolute atomic E-state index is 12.7. The molecule has 2 unspecified atom stereocenters. The second kappa shape index (κ2) is 10.4. The highest BCUT2D eigenvalue weighted by Gasteiger charge is 2.34. The van der Waals surface area contributed by atoms with E-state index in [9.17, 15) is 14.4 Å². The van der Waals surface area contributed by atoms with Crippen LogP contribution in [-0.4, -0.2) is 42.3 Å². The number of ether oxygens (including phenoxy) is 1. The molecule has 0 heterocycles. The monoisotopic (exact) mass is 460 g/mol. The van der Waals surface area contributed by atoms with Crippen LogP contribution in [0, 0.1) is 24.2 Å². The van der Waals surface area contributed by atoms with Crippen molar-refractivity contribution < 1.29 is 24.2 Å². The van der Waals surface area contributed by atoms with Crippen LogP contribution in [0.1, 0.15) is 42.7 Å². The van der Waals surface area contributed by atoms with Crippen molar-refractivity contribution >= 4 is 18.0 Å². The van der Waals surface area contributed by atoms with Crippen LogP contribution < -0.4 is 10.6 Å². The zero-order chi connectivity index (χ0) is 24.1. The Morgan fingerprint density at radius 1 is 1.06 bits per heavy atom. The minimum Gasteiger partial charge on any atom is -0.481 e. The Kier molecular flexibility index (Phi) is 7.17. The summed E-state index contributed by atoms with van der Waals surface area (Å²) in [6, 6.07) is 15.1. The van der Waals surface area contributed by atoms with Crippen molar-refractivity contribution in [1.29, 1.82) is 0 Å². The number of carbonyl (C=O) groups excluding carboxylic acids is 2. The van der Waals surface area contributed by atoms with Crippen molar-refractivity contribution in [3.05, 3.63) is 59.7 Å². The van der Waals surface area contributed by atoms with Gasteiger partial charge < -0.3 is 20.5 Å². The van der Waals surface area contributed by atoms with Gasteiger partial charge in [0.25, 0.3) is 0 Å². The first-order valence-corrected chi connectivity index (χ1v) is 11.5. The zero-order valence-corrected chi connectivity index (χ0v) is 18.8. The number of terminal acetylenes is 1. The number of alkyl carbamates (subject to hydrolysis) is 1. The summed E-state index contributed by atoms with van der Waals surface area (Å²) in [6.45, 7) is 0.371. The summed E-state index contributed by atoms with van der Waals surface area (Å²) in [6.07, 6.45) is 6.63. The van der Waals surface area contributed by atoms with Crippen molar-refractivity contribution in [3.8, 4) is 23.5 Å². The normalized spacial score (nSPS) is 15.9. The summed E-state index contributed by atoms with van der Waals surface area (Å²) in [7, 11) is 0. The quantitative estimate of drug-likeness (QED) is 0.471. The number of nitrogens with one attached hydrogen (secondary N) is 2. The minimum atomic E-state index is -0.953. The molecule has 2 aliphatic rings. The van der Waals surface area contributed by atoms with Crippen molar-refractivity contribution in [2.45, 2.75) is 37.6 Å². The van der Waals surface area contributed by atoms with E-state index in [1.807, 2.05) is 36.4 Å². The number of hydrogen-bond donors (Lipinski definition) is 3. The molecule has 0 saturated heterocycles. The molecular weight excluding hydrogens is 432 g/mol. The Labute approximate surface area is 198 Å². The van der Waals surface area contributed by atoms with Crippen LogP contribution in [0.5, 0.6) is 0 Å². The van der Waals surface area contributed by atoms with E-state index in [2.05, 4.69) is 28.7 Å². The molecule has 0 radical (unpaired) electrons. The van der Waals surface area contributed by atoms with E-state index in [-0.39, 0.29) is 37.8 Å². The number of amides is 2. The van der Waals surface area contributed by atoms with E-state index in [4.69, 9.17) is 16.3 Å². The van der Waals surface area contributed by atoms with Gasteiger partial charge in [0.1, 0.15) is 12.6 Å². The molecule has 2 amide bonds. The van der Waals surface area contributed by atoms with Crippen LogP contribution >= 0.6 is 0 Å². The fourth-order valence-electron chi connectivity index (χ4n) is 4.66. The number of aliphatic carboxylic acids is 1. The van der Waals surface area contributed by atoms with Gasteiger partial charge in [0.15, 0.2) is 0 Å². The molecule has 1 saturated carbocycles. The van der Waals surface area contributed by atoms with Crippen LogP contribution in [-0.2, 0) is 14.3 Å². The van der Waals surface area contributed by atoms with Gasteiger partial charge >= 0.3 is 12.1 Å². The third kappa shape index (κ3) is 5.40. The molecule has 7 nitrogen and oxygen atoms in total. The summed E-state index contributed by atoms with van der Waals surface area (Å²) in [5, 5.41) is 14.4. The predicted octanol–water partition coefficient (Wildman–Crippen LogP) is 3.53. The highest BCUT2D eigenvalue weighted by molar-refractivity contribution is 5.86. The summed E-state index contributed by atoms with van der Waals surface area (Å²) >= 11 is 0. The first-order valence-electron chi connectivity index (χ1n) is 11.5. The first-order chi connectivity index (χ1) is 16.5. The van der Waals surface area contributed by atoms with Gasteiger partial charge in [0.05, 0.1) is 6.42 Å². The number of carbonyl (C=O) groups is 3. The molecule has 1 fully saturated rings. The number of hydrogen-bond acceptors (Lipinski definition) is 4. The molecule has 0 spiro atoms. The van der Waals surface area contributed by atoms with Crippen molar-refractivity contribution in [2.24, 2.45) is 11.8 Å². The topological polar surface area (TPSA) is 105 Å². The summed E-state index contributed by atoms with van der Waals surface area (Å²) in [5.74, 6) is 1.18. The molecule has 34 heavy (non-hydrogen) atoms. The summed E-state index contributed by atoms with van der Waals surface area (Å²) in [4.78, 5) is 36.3. The lowest BCUT2D eigenvalue weighted by atomic mass is 9.98. The average molecular weight is 461 g/mol. The van der Waals surface area contributed by atoms with E-state index in [0.717, 1.165) is 35.1 Å².